The van der Waals surface area contributed by atoms with Crippen LogP contribution in [0.1, 0.15) is 18.9 Å². The second kappa shape index (κ2) is 3.67. The van der Waals surface area contributed by atoms with Gasteiger partial charge in [0.25, 0.3) is 0 Å². The molecule has 0 atom stereocenters. The average Bonchev–Trinajstić information content (AvgIpc) is 2.27. The second-order valence-electron chi connectivity index (χ2n) is 3.44. The van der Waals surface area contributed by atoms with Gasteiger partial charge in [-0.15, -0.1) is 0 Å². The van der Waals surface area contributed by atoms with Gasteiger partial charge in [0, 0.05) is 0 Å². The van der Waals surface area contributed by atoms with Crippen LogP contribution in [0, 0.1) is 6.58 Å². The predicted molar refractivity (Wildman–Crippen MR) is 61.9 cm³/mol. The Bertz CT molecular complexity index is 466. The second-order valence-corrected chi connectivity index (χ2v) is 3.44. The Morgan fingerprint density at radius 2 is 1.79 bits per heavy atom. The van der Waals surface area contributed by atoms with Crippen molar-refractivity contribution < 1.29 is 0 Å². The summed E-state index contributed by atoms with van der Waals surface area (Å²) in [7, 11) is 0. The van der Waals surface area contributed by atoms with E-state index in [9.17, 15) is 0 Å². The van der Waals surface area contributed by atoms with Crippen molar-refractivity contribution in [2.45, 2.75) is 13.3 Å². The molecule has 0 amide bonds. The first kappa shape index (κ1) is 9.01. The lowest BCUT2D eigenvalue weighted by Crippen LogP contribution is -1.81. The van der Waals surface area contributed by atoms with Crippen LogP contribution in [0.5, 0.6) is 0 Å². The summed E-state index contributed by atoms with van der Waals surface area (Å²) in [6.07, 6.45) is 0.901. The molecule has 0 saturated carbocycles. The van der Waals surface area contributed by atoms with E-state index >= 15 is 0 Å². The Morgan fingerprint density at radius 3 is 2.50 bits per heavy atom. The number of rotatable bonds is 2. The highest BCUT2D eigenvalue weighted by molar-refractivity contribution is 5.85. The third-order valence-corrected chi connectivity index (χ3v) is 2.50. The van der Waals surface area contributed by atoms with Crippen LogP contribution in [-0.4, -0.2) is 0 Å². The highest BCUT2D eigenvalue weighted by Crippen LogP contribution is 2.21. The minimum Gasteiger partial charge on any atom is -0.0616 e. The molecule has 0 aromatic heterocycles. The van der Waals surface area contributed by atoms with Gasteiger partial charge < -0.3 is 0 Å². The molecule has 0 N–H and O–H groups in total. The lowest BCUT2D eigenvalue weighted by atomic mass is 10.0. The molecule has 0 heteroatoms. The van der Waals surface area contributed by atoms with Crippen LogP contribution < -0.4 is 0 Å². The smallest absolute Gasteiger partial charge is 0.0178 e. The first-order valence-electron chi connectivity index (χ1n) is 4.91. The SMILES string of the molecule is [CH]=C(CC)c1ccc2ccccc2c1. The molecule has 0 fully saturated rings. The third-order valence-electron chi connectivity index (χ3n) is 2.50. The molecule has 0 aliphatic heterocycles. The Kier molecular flexibility index (Phi) is 2.36. The quantitative estimate of drug-likeness (QED) is 0.655. The maximum absolute atomic E-state index is 5.90. The van der Waals surface area contributed by atoms with Gasteiger partial charge in [0.1, 0.15) is 0 Å². The summed E-state index contributed by atoms with van der Waals surface area (Å²) < 4.78 is 0. The molecule has 0 heterocycles. The van der Waals surface area contributed by atoms with Gasteiger partial charge in [0.05, 0.1) is 0 Å². The van der Waals surface area contributed by atoms with Crippen LogP contribution in [0.2, 0.25) is 0 Å². The molecule has 2 rings (SSSR count). The summed E-state index contributed by atoms with van der Waals surface area (Å²) in [6, 6.07) is 14.7. The standard InChI is InChI=1S/C14H13/c1-3-11(2)13-9-8-12-6-4-5-7-14(12)10-13/h2,4-10H,3H2,1H3. The van der Waals surface area contributed by atoms with Gasteiger partial charge in [-0.1, -0.05) is 49.9 Å². The Morgan fingerprint density at radius 1 is 1.07 bits per heavy atom. The van der Waals surface area contributed by atoms with Crippen molar-refractivity contribution in [2.24, 2.45) is 0 Å². The molecule has 0 nitrogen and oxygen atoms in total. The van der Waals surface area contributed by atoms with E-state index in [1.807, 2.05) is 6.07 Å². The fourth-order valence-electron chi connectivity index (χ4n) is 1.59. The van der Waals surface area contributed by atoms with Crippen LogP contribution >= 0.6 is 0 Å². The lowest BCUT2D eigenvalue weighted by Gasteiger charge is -2.04. The Labute approximate surface area is 84.9 Å². The maximum atomic E-state index is 5.90. The summed E-state index contributed by atoms with van der Waals surface area (Å²) in [5.41, 5.74) is 2.10. The molecule has 0 bridgehead atoms. The van der Waals surface area contributed by atoms with Crippen molar-refractivity contribution in [1.82, 2.24) is 0 Å². The summed E-state index contributed by atoms with van der Waals surface area (Å²) in [5.74, 6) is 0. The molecule has 0 aliphatic rings. The van der Waals surface area contributed by atoms with Crippen LogP contribution in [0.4, 0.5) is 0 Å². The van der Waals surface area contributed by atoms with E-state index in [-0.39, 0.29) is 0 Å². The third kappa shape index (κ3) is 1.56. The van der Waals surface area contributed by atoms with E-state index in [0.29, 0.717) is 0 Å². The van der Waals surface area contributed by atoms with Crippen molar-refractivity contribution in [3.63, 3.8) is 0 Å². The predicted octanol–water partition coefficient (Wildman–Crippen LogP) is 4.07. The van der Waals surface area contributed by atoms with Crippen LogP contribution in [0.15, 0.2) is 42.5 Å². The van der Waals surface area contributed by atoms with Gasteiger partial charge >= 0.3 is 0 Å². The molecule has 69 valence electrons. The molecule has 2 aromatic carbocycles. The zero-order valence-electron chi connectivity index (χ0n) is 8.33. The van der Waals surface area contributed by atoms with Crippen molar-refractivity contribution in [3.05, 3.63) is 54.6 Å². The van der Waals surface area contributed by atoms with Gasteiger partial charge in [0.2, 0.25) is 0 Å². The molecule has 0 spiro atoms. The van der Waals surface area contributed by atoms with E-state index < -0.39 is 0 Å². The molecular formula is C14H13. The lowest BCUT2D eigenvalue weighted by molar-refractivity contribution is 1.24. The van der Waals surface area contributed by atoms with Crippen molar-refractivity contribution in [2.75, 3.05) is 0 Å². The minimum absolute atomic E-state index is 0.901. The molecule has 14 heavy (non-hydrogen) atoms. The summed E-state index contributed by atoms with van der Waals surface area (Å²) in [4.78, 5) is 0. The fraction of sp³-hybridized carbons (Fsp3) is 0.143. The largest absolute Gasteiger partial charge is 0.0616 e. The molecule has 2 aromatic rings. The zero-order chi connectivity index (χ0) is 9.97. The van der Waals surface area contributed by atoms with Gasteiger partial charge in [-0.2, -0.15) is 0 Å². The monoisotopic (exact) mass is 181 g/mol. The first-order chi connectivity index (χ1) is 6.81. The Balaban J connectivity index is 2.56. The maximum Gasteiger partial charge on any atom is -0.0178 e. The molecule has 1 radical (unpaired) electrons. The van der Waals surface area contributed by atoms with Crippen LogP contribution in [-0.2, 0) is 0 Å². The van der Waals surface area contributed by atoms with Gasteiger partial charge in [-0.3, -0.25) is 0 Å². The van der Waals surface area contributed by atoms with Crippen LogP contribution in [0.25, 0.3) is 16.3 Å². The highest BCUT2D eigenvalue weighted by atomic mass is 14.0. The number of hydrogen-bond acceptors (Lipinski definition) is 0. The number of benzene rings is 2. The average molecular weight is 181 g/mol. The summed E-state index contributed by atoms with van der Waals surface area (Å²) in [6.45, 7) is 7.98. The topological polar surface area (TPSA) is 0 Å². The number of fused-ring (bicyclic) bond motifs is 1. The summed E-state index contributed by atoms with van der Waals surface area (Å²) in [5, 5.41) is 2.52. The van der Waals surface area contributed by atoms with E-state index in [0.717, 1.165) is 17.6 Å². The highest BCUT2D eigenvalue weighted by Gasteiger charge is 1.97. The first-order valence-corrected chi connectivity index (χ1v) is 4.91. The number of hydrogen-bond donors (Lipinski definition) is 0. The van der Waals surface area contributed by atoms with Crippen molar-refractivity contribution in [3.8, 4) is 0 Å². The minimum atomic E-state index is 0.901. The zero-order valence-corrected chi connectivity index (χ0v) is 8.33. The molecular weight excluding hydrogens is 168 g/mol. The van der Waals surface area contributed by atoms with Crippen LogP contribution in [0.3, 0.4) is 0 Å². The Hall–Kier alpha value is -1.56. The molecule has 0 aliphatic carbocycles. The van der Waals surface area contributed by atoms with Crippen molar-refractivity contribution >= 4 is 16.3 Å². The number of allylic oxidation sites excluding steroid dienone is 1. The summed E-state index contributed by atoms with van der Waals surface area (Å²) >= 11 is 0. The van der Waals surface area contributed by atoms with E-state index in [1.54, 1.807) is 0 Å². The van der Waals surface area contributed by atoms with E-state index in [2.05, 4.69) is 43.3 Å². The van der Waals surface area contributed by atoms with E-state index in [1.165, 1.54) is 10.8 Å². The van der Waals surface area contributed by atoms with Crippen molar-refractivity contribution in [1.29, 1.82) is 0 Å². The van der Waals surface area contributed by atoms with Gasteiger partial charge in [0.15, 0.2) is 0 Å². The van der Waals surface area contributed by atoms with Gasteiger partial charge in [-0.05, 0) is 34.4 Å². The molecule has 0 saturated heterocycles. The van der Waals surface area contributed by atoms with E-state index in [4.69, 9.17) is 6.58 Å². The van der Waals surface area contributed by atoms with Gasteiger partial charge in [-0.25, -0.2) is 0 Å². The fourth-order valence-corrected chi connectivity index (χ4v) is 1.59. The normalized spacial score (nSPS) is 10.4. The molecule has 0 unspecified atom stereocenters.